The Balaban J connectivity index is 2.02. The van der Waals surface area contributed by atoms with Crippen LogP contribution in [0.2, 0.25) is 0 Å². The van der Waals surface area contributed by atoms with Gasteiger partial charge in [0, 0.05) is 20.0 Å². The Bertz CT molecular complexity index is 951. The summed E-state index contributed by atoms with van der Waals surface area (Å²) >= 11 is 6.61. The lowest BCUT2D eigenvalue weighted by Crippen LogP contribution is -2.47. The molecule has 1 aromatic heterocycles. The van der Waals surface area contributed by atoms with E-state index >= 15 is 0 Å². The van der Waals surface area contributed by atoms with E-state index in [1.165, 1.54) is 12.1 Å². The molecule has 0 spiro atoms. The molecule has 0 saturated carbocycles. The zero-order valence-electron chi connectivity index (χ0n) is 16.1. The number of hydrogen-bond donors (Lipinski definition) is 3. The van der Waals surface area contributed by atoms with Crippen LogP contribution in [-0.4, -0.2) is 53.7 Å². The van der Waals surface area contributed by atoms with Crippen molar-refractivity contribution < 1.29 is 13.2 Å². The van der Waals surface area contributed by atoms with Crippen molar-refractivity contribution in [3.63, 3.8) is 0 Å². The van der Waals surface area contributed by atoms with E-state index < -0.39 is 16.1 Å². The summed E-state index contributed by atoms with van der Waals surface area (Å²) in [6.07, 6.45) is 2.79. The topological polar surface area (TPSA) is 109 Å². The molecular weight excluding hydrogens is 418 g/mol. The van der Waals surface area contributed by atoms with Crippen molar-refractivity contribution in [2.75, 3.05) is 18.6 Å². The van der Waals surface area contributed by atoms with Crippen LogP contribution in [0.3, 0.4) is 0 Å². The average Bonchev–Trinajstić information content (AvgIpc) is 2.97. The third kappa shape index (κ3) is 6.16. The van der Waals surface area contributed by atoms with Crippen molar-refractivity contribution in [2.45, 2.75) is 30.7 Å². The van der Waals surface area contributed by atoms with Gasteiger partial charge in [0.25, 0.3) is 0 Å². The van der Waals surface area contributed by atoms with E-state index in [2.05, 4.69) is 20.2 Å². The lowest BCUT2D eigenvalue weighted by atomic mass is 10.2. The minimum atomic E-state index is -3.79. The van der Waals surface area contributed by atoms with Gasteiger partial charge >= 0.3 is 0 Å². The maximum atomic E-state index is 12.6. The highest BCUT2D eigenvalue weighted by Gasteiger charge is 2.25. The normalized spacial score (nSPS) is 12.7. The number of carbonyl (C=O) groups excluding carboxylic acids is 1. The molecule has 8 nitrogen and oxygen atoms in total. The van der Waals surface area contributed by atoms with Crippen LogP contribution in [0.4, 0.5) is 0 Å². The largest absolute Gasteiger partial charge is 0.354 e. The molecule has 154 valence electrons. The Hall–Kier alpha value is -1.69. The molecule has 11 heteroatoms. The van der Waals surface area contributed by atoms with E-state index in [1.54, 1.807) is 35.5 Å². The predicted octanol–water partition coefficient (Wildman–Crippen LogP) is 1.55. The van der Waals surface area contributed by atoms with E-state index in [9.17, 15) is 13.2 Å². The highest BCUT2D eigenvalue weighted by Crippen LogP contribution is 2.12. The maximum absolute atomic E-state index is 12.6. The van der Waals surface area contributed by atoms with Gasteiger partial charge in [-0.3, -0.25) is 9.89 Å². The summed E-state index contributed by atoms with van der Waals surface area (Å²) in [7, 11) is -2.00. The summed E-state index contributed by atoms with van der Waals surface area (Å²) in [6.45, 7) is 2.21. The van der Waals surface area contributed by atoms with Crippen molar-refractivity contribution in [3.8, 4) is 0 Å². The first-order chi connectivity index (χ1) is 13.2. The van der Waals surface area contributed by atoms with Gasteiger partial charge in [-0.2, -0.15) is 21.6 Å². The Morgan fingerprint density at radius 2 is 2.04 bits per heavy atom. The second-order valence-corrected chi connectivity index (χ2v) is 9.40. The molecular formula is C17H25N5O3S3. The highest BCUT2D eigenvalue weighted by molar-refractivity contribution is 7.98. The van der Waals surface area contributed by atoms with Crippen molar-refractivity contribution in [3.05, 3.63) is 40.4 Å². The average molecular weight is 444 g/mol. The Labute approximate surface area is 174 Å². The van der Waals surface area contributed by atoms with Crippen LogP contribution < -0.4 is 10.0 Å². The number of sulfonamides is 1. The molecule has 0 aliphatic carbocycles. The van der Waals surface area contributed by atoms with Crippen LogP contribution in [-0.2, 0) is 28.3 Å². The summed E-state index contributed by atoms with van der Waals surface area (Å²) < 4.78 is 30.0. The fraction of sp³-hybridized carbons (Fsp3) is 0.471. The molecule has 0 saturated heterocycles. The number of aryl methyl sites for hydroxylation is 1. The molecule has 0 bridgehead atoms. The highest BCUT2D eigenvalue weighted by atomic mass is 32.2. The lowest BCUT2D eigenvalue weighted by Gasteiger charge is -2.18. The minimum Gasteiger partial charge on any atom is -0.354 e. The van der Waals surface area contributed by atoms with E-state index in [0.717, 1.165) is 5.56 Å². The van der Waals surface area contributed by atoms with Gasteiger partial charge in [-0.15, -0.1) is 0 Å². The minimum absolute atomic E-state index is 0.140. The molecule has 1 aromatic carbocycles. The maximum Gasteiger partial charge on any atom is 0.241 e. The van der Waals surface area contributed by atoms with E-state index in [0.29, 0.717) is 35.7 Å². The van der Waals surface area contributed by atoms with Crippen LogP contribution in [0.5, 0.6) is 0 Å². The van der Waals surface area contributed by atoms with Crippen LogP contribution in [0.15, 0.2) is 29.2 Å². The van der Waals surface area contributed by atoms with Crippen molar-refractivity contribution >= 4 is 39.9 Å². The number of carbonyl (C=O) groups is 1. The summed E-state index contributed by atoms with van der Waals surface area (Å²) in [4.78, 5) is 12.7. The third-order valence-corrected chi connectivity index (χ3v) is 6.67. The summed E-state index contributed by atoms with van der Waals surface area (Å²) in [5.74, 6) is 1.01. The second-order valence-electron chi connectivity index (χ2n) is 6.31. The van der Waals surface area contributed by atoms with E-state index in [1.807, 2.05) is 13.2 Å². The van der Waals surface area contributed by atoms with Crippen molar-refractivity contribution in [2.24, 2.45) is 7.05 Å². The standard InChI is InChI=1S/C17H25N5O3S3/c1-12-4-6-13(7-5-12)28(24,25)21-14(9-11-27-3)16(23)18-10-8-15-19-20-17(26)22(15)2/h4-7,14,21H,8-11H2,1-3H3,(H,18,23)(H,20,26). The van der Waals surface area contributed by atoms with Crippen LogP contribution >= 0.6 is 24.0 Å². The number of amides is 1. The number of rotatable bonds is 10. The summed E-state index contributed by atoms with van der Waals surface area (Å²) in [5.41, 5.74) is 0.962. The SMILES string of the molecule is CSCCC(NS(=O)(=O)c1ccc(C)cc1)C(=O)NCCc1n[nH]c(=S)n1C. The quantitative estimate of drug-likeness (QED) is 0.481. The summed E-state index contributed by atoms with van der Waals surface area (Å²) in [6, 6.07) is 5.67. The Morgan fingerprint density at radius 1 is 1.36 bits per heavy atom. The molecule has 1 heterocycles. The monoisotopic (exact) mass is 443 g/mol. The zero-order valence-corrected chi connectivity index (χ0v) is 18.5. The first kappa shape index (κ1) is 22.6. The van der Waals surface area contributed by atoms with Crippen molar-refractivity contribution in [1.29, 1.82) is 0 Å². The fourth-order valence-electron chi connectivity index (χ4n) is 2.48. The number of aromatic nitrogens is 3. The summed E-state index contributed by atoms with van der Waals surface area (Å²) in [5, 5.41) is 9.56. The molecule has 0 fully saturated rings. The molecule has 2 rings (SSSR count). The number of H-pyrrole nitrogens is 1. The van der Waals surface area contributed by atoms with Gasteiger partial charge in [0.1, 0.15) is 11.9 Å². The molecule has 28 heavy (non-hydrogen) atoms. The van der Waals surface area contributed by atoms with Gasteiger partial charge in [-0.05, 0) is 49.7 Å². The molecule has 3 N–H and O–H groups in total. The van der Waals surface area contributed by atoms with E-state index in [4.69, 9.17) is 12.2 Å². The zero-order chi connectivity index (χ0) is 20.7. The van der Waals surface area contributed by atoms with Crippen LogP contribution in [0.25, 0.3) is 0 Å². The first-order valence-corrected chi connectivity index (χ1v) is 12.0. The van der Waals surface area contributed by atoms with Gasteiger partial charge in [0.2, 0.25) is 15.9 Å². The molecule has 1 unspecified atom stereocenters. The molecule has 1 atom stereocenters. The number of nitrogens with one attached hydrogen (secondary N) is 3. The number of benzene rings is 1. The number of nitrogens with zero attached hydrogens (tertiary/aromatic N) is 2. The molecule has 1 amide bonds. The number of thioether (sulfide) groups is 1. The van der Waals surface area contributed by atoms with Gasteiger partial charge in [0.15, 0.2) is 4.77 Å². The van der Waals surface area contributed by atoms with Crippen LogP contribution in [0.1, 0.15) is 17.8 Å². The Morgan fingerprint density at radius 3 is 2.61 bits per heavy atom. The van der Waals surface area contributed by atoms with Gasteiger partial charge < -0.3 is 9.88 Å². The van der Waals surface area contributed by atoms with Gasteiger partial charge in [-0.25, -0.2) is 8.42 Å². The van der Waals surface area contributed by atoms with E-state index in [-0.39, 0.29) is 10.8 Å². The fourth-order valence-corrected chi connectivity index (χ4v) is 4.33. The van der Waals surface area contributed by atoms with Crippen LogP contribution in [0, 0.1) is 11.7 Å². The first-order valence-electron chi connectivity index (χ1n) is 8.70. The third-order valence-electron chi connectivity index (χ3n) is 4.18. The van der Waals surface area contributed by atoms with Gasteiger partial charge in [-0.1, -0.05) is 17.7 Å². The number of hydrogen-bond acceptors (Lipinski definition) is 6. The smallest absolute Gasteiger partial charge is 0.241 e. The number of aromatic amines is 1. The lowest BCUT2D eigenvalue weighted by molar-refractivity contribution is -0.122. The van der Waals surface area contributed by atoms with Crippen molar-refractivity contribution in [1.82, 2.24) is 24.8 Å². The molecule has 0 aliphatic heterocycles. The molecule has 2 aromatic rings. The molecule has 0 aliphatic rings. The second kappa shape index (κ2) is 10.2. The Kier molecular flexibility index (Phi) is 8.23. The predicted molar refractivity (Wildman–Crippen MR) is 113 cm³/mol. The van der Waals surface area contributed by atoms with Gasteiger partial charge in [0.05, 0.1) is 4.90 Å². The molecule has 0 radical (unpaired) electrons.